The van der Waals surface area contributed by atoms with Crippen LogP contribution in [0.3, 0.4) is 0 Å². The molecule has 1 heterocycles. The summed E-state index contributed by atoms with van der Waals surface area (Å²) in [4.78, 5) is 0.222. The first kappa shape index (κ1) is 17.2. The second-order valence-corrected chi connectivity index (χ2v) is 7.17. The highest BCUT2D eigenvalue weighted by molar-refractivity contribution is 7.89. The fraction of sp³-hybridized carbons (Fsp3) is 0.600. The maximum Gasteiger partial charge on any atom is 0.246 e. The lowest BCUT2D eigenvalue weighted by Gasteiger charge is -2.31. The van der Waals surface area contributed by atoms with E-state index in [2.05, 4.69) is 0 Å². The second kappa shape index (κ2) is 7.92. The number of ether oxygens (including phenoxy) is 2. The van der Waals surface area contributed by atoms with E-state index < -0.39 is 10.0 Å². The topological polar surface area (TPSA) is 81.9 Å². The predicted octanol–water partition coefficient (Wildman–Crippen LogP) is 1.21. The van der Waals surface area contributed by atoms with Crippen LogP contribution in [0, 0.1) is 0 Å². The van der Waals surface area contributed by atoms with Crippen LogP contribution in [-0.4, -0.2) is 52.2 Å². The van der Waals surface area contributed by atoms with Gasteiger partial charge in [0.25, 0.3) is 0 Å². The normalized spacial score (nSPS) is 17.5. The molecule has 1 saturated heterocycles. The van der Waals surface area contributed by atoms with E-state index in [9.17, 15) is 8.42 Å². The van der Waals surface area contributed by atoms with Gasteiger partial charge in [0.2, 0.25) is 10.0 Å². The molecular formula is C15H24N2O4S. The van der Waals surface area contributed by atoms with Crippen molar-refractivity contribution >= 4 is 10.0 Å². The van der Waals surface area contributed by atoms with E-state index in [1.165, 1.54) is 11.4 Å². The third kappa shape index (κ3) is 3.98. The van der Waals surface area contributed by atoms with Crippen molar-refractivity contribution in [3.63, 3.8) is 0 Å². The van der Waals surface area contributed by atoms with E-state index in [4.69, 9.17) is 15.2 Å². The van der Waals surface area contributed by atoms with Crippen molar-refractivity contribution in [1.82, 2.24) is 4.31 Å². The van der Waals surface area contributed by atoms with Crippen molar-refractivity contribution in [2.45, 2.75) is 30.3 Å². The molecule has 0 unspecified atom stereocenters. The molecule has 0 amide bonds. The Morgan fingerprint density at radius 2 is 1.95 bits per heavy atom. The van der Waals surface area contributed by atoms with Crippen LogP contribution in [0.2, 0.25) is 0 Å². The molecule has 0 saturated carbocycles. The van der Waals surface area contributed by atoms with Gasteiger partial charge in [0.1, 0.15) is 10.6 Å². The molecular weight excluding hydrogens is 304 g/mol. The van der Waals surface area contributed by atoms with Crippen LogP contribution < -0.4 is 10.5 Å². The maximum absolute atomic E-state index is 12.7. The molecule has 1 aromatic rings. The average Bonchev–Trinajstić information content (AvgIpc) is 2.55. The summed E-state index contributed by atoms with van der Waals surface area (Å²) in [6.07, 6.45) is 2.37. The highest BCUT2D eigenvalue weighted by atomic mass is 32.2. The molecule has 1 aliphatic rings. The summed E-state index contributed by atoms with van der Waals surface area (Å²) < 4.78 is 37.8. The van der Waals surface area contributed by atoms with Crippen LogP contribution in [0.1, 0.15) is 19.3 Å². The summed E-state index contributed by atoms with van der Waals surface area (Å²) >= 11 is 0. The molecule has 1 fully saturated rings. The number of benzene rings is 1. The van der Waals surface area contributed by atoms with Crippen LogP contribution in [0.25, 0.3) is 0 Å². The number of sulfonamides is 1. The summed E-state index contributed by atoms with van der Waals surface area (Å²) in [5.41, 5.74) is 5.44. The Morgan fingerprint density at radius 1 is 1.27 bits per heavy atom. The lowest BCUT2D eigenvalue weighted by molar-refractivity contribution is 0.0209. The minimum atomic E-state index is -3.52. The minimum absolute atomic E-state index is 0.121. The fourth-order valence-electron chi connectivity index (χ4n) is 2.54. The Bertz CT molecular complexity index is 569. The molecule has 0 aliphatic carbocycles. The number of rotatable bonds is 7. The number of hydrogen-bond acceptors (Lipinski definition) is 5. The van der Waals surface area contributed by atoms with Crippen LogP contribution in [0.15, 0.2) is 29.2 Å². The standard InChI is InChI=1S/C15H24N2O4S/c1-20-14-5-2-3-6-15(14)22(18,19)17-10-7-13(8-11-17)21-12-4-9-16/h2-3,5-6,13H,4,7-12,16H2,1H3. The Hall–Kier alpha value is -1.15. The molecule has 0 bridgehead atoms. The van der Waals surface area contributed by atoms with E-state index in [0.717, 1.165) is 6.42 Å². The van der Waals surface area contributed by atoms with Gasteiger partial charge >= 0.3 is 0 Å². The van der Waals surface area contributed by atoms with Gasteiger partial charge in [0, 0.05) is 19.7 Å². The van der Waals surface area contributed by atoms with E-state index in [0.29, 0.717) is 44.8 Å². The van der Waals surface area contributed by atoms with Crippen molar-refractivity contribution in [3.8, 4) is 5.75 Å². The van der Waals surface area contributed by atoms with Crippen molar-refractivity contribution in [2.75, 3.05) is 33.4 Å². The quantitative estimate of drug-likeness (QED) is 0.761. The molecule has 6 nitrogen and oxygen atoms in total. The molecule has 0 spiro atoms. The third-order valence-electron chi connectivity index (χ3n) is 3.79. The molecule has 124 valence electrons. The van der Waals surface area contributed by atoms with E-state index in [-0.39, 0.29) is 11.0 Å². The minimum Gasteiger partial charge on any atom is -0.495 e. The summed E-state index contributed by atoms with van der Waals surface area (Å²) in [6, 6.07) is 6.71. The number of methoxy groups -OCH3 is 1. The Labute approximate surface area is 132 Å². The van der Waals surface area contributed by atoms with Crippen LogP contribution in [-0.2, 0) is 14.8 Å². The number of piperidine rings is 1. The molecule has 2 N–H and O–H groups in total. The first-order valence-corrected chi connectivity index (χ1v) is 8.98. The van der Waals surface area contributed by atoms with Gasteiger partial charge in [-0.3, -0.25) is 0 Å². The zero-order chi connectivity index (χ0) is 16.0. The van der Waals surface area contributed by atoms with Gasteiger partial charge in [0.15, 0.2) is 0 Å². The molecule has 1 aromatic carbocycles. The second-order valence-electron chi connectivity index (χ2n) is 5.27. The zero-order valence-electron chi connectivity index (χ0n) is 12.9. The summed E-state index contributed by atoms with van der Waals surface area (Å²) in [5.74, 6) is 0.379. The molecule has 0 aromatic heterocycles. The molecule has 0 atom stereocenters. The third-order valence-corrected chi connectivity index (χ3v) is 5.73. The molecule has 1 aliphatic heterocycles. The summed E-state index contributed by atoms with van der Waals surface area (Å²) in [5, 5.41) is 0. The van der Waals surface area contributed by atoms with E-state index in [1.54, 1.807) is 24.3 Å². The van der Waals surface area contributed by atoms with E-state index in [1.807, 2.05) is 0 Å². The van der Waals surface area contributed by atoms with Crippen molar-refractivity contribution < 1.29 is 17.9 Å². The summed E-state index contributed by atoms with van der Waals surface area (Å²) in [7, 11) is -2.04. The van der Waals surface area contributed by atoms with Crippen LogP contribution in [0.4, 0.5) is 0 Å². The maximum atomic E-state index is 12.7. The highest BCUT2D eigenvalue weighted by Crippen LogP contribution is 2.28. The van der Waals surface area contributed by atoms with Gasteiger partial charge in [-0.15, -0.1) is 0 Å². The smallest absolute Gasteiger partial charge is 0.246 e. The zero-order valence-corrected chi connectivity index (χ0v) is 13.7. The van der Waals surface area contributed by atoms with Gasteiger partial charge in [-0.1, -0.05) is 12.1 Å². The molecule has 22 heavy (non-hydrogen) atoms. The van der Waals surface area contributed by atoms with Gasteiger partial charge in [0.05, 0.1) is 13.2 Å². The lowest BCUT2D eigenvalue weighted by atomic mass is 10.1. The van der Waals surface area contributed by atoms with E-state index >= 15 is 0 Å². The summed E-state index contributed by atoms with van der Waals surface area (Å²) in [6.45, 7) is 2.18. The number of hydrogen-bond donors (Lipinski definition) is 1. The first-order valence-electron chi connectivity index (χ1n) is 7.54. The molecule has 7 heteroatoms. The lowest BCUT2D eigenvalue weighted by Crippen LogP contribution is -2.41. The van der Waals surface area contributed by atoms with Crippen LogP contribution >= 0.6 is 0 Å². The predicted molar refractivity (Wildman–Crippen MR) is 84.4 cm³/mol. The Kier molecular flexibility index (Phi) is 6.19. The molecule has 0 radical (unpaired) electrons. The first-order chi connectivity index (χ1) is 10.6. The van der Waals surface area contributed by atoms with Crippen molar-refractivity contribution in [3.05, 3.63) is 24.3 Å². The number of nitrogens with zero attached hydrogens (tertiary/aromatic N) is 1. The number of para-hydroxylation sites is 1. The Morgan fingerprint density at radius 3 is 2.59 bits per heavy atom. The van der Waals surface area contributed by atoms with Crippen molar-refractivity contribution in [1.29, 1.82) is 0 Å². The highest BCUT2D eigenvalue weighted by Gasteiger charge is 2.31. The fourth-order valence-corrected chi connectivity index (χ4v) is 4.17. The SMILES string of the molecule is COc1ccccc1S(=O)(=O)N1CCC(OCCCN)CC1. The van der Waals surface area contributed by atoms with Gasteiger partial charge in [-0.05, 0) is 37.9 Å². The average molecular weight is 328 g/mol. The Balaban J connectivity index is 2.00. The van der Waals surface area contributed by atoms with Gasteiger partial charge < -0.3 is 15.2 Å². The van der Waals surface area contributed by atoms with Crippen LogP contribution in [0.5, 0.6) is 5.75 Å². The molecule has 2 rings (SSSR count). The van der Waals surface area contributed by atoms with Gasteiger partial charge in [-0.25, -0.2) is 8.42 Å². The largest absolute Gasteiger partial charge is 0.495 e. The monoisotopic (exact) mass is 328 g/mol. The van der Waals surface area contributed by atoms with Crippen molar-refractivity contribution in [2.24, 2.45) is 5.73 Å². The van der Waals surface area contributed by atoms with Gasteiger partial charge in [-0.2, -0.15) is 4.31 Å². The number of nitrogens with two attached hydrogens (primary N) is 1.